The van der Waals surface area contributed by atoms with E-state index in [4.69, 9.17) is 15.1 Å². The zero-order chi connectivity index (χ0) is 12.7. The molecule has 0 bridgehead atoms. The molecule has 0 heterocycles. The fraction of sp³-hybridized carbons (Fsp3) is 0.385. The highest BCUT2D eigenvalue weighted by Gasteiger charge is 2.11. The maximum atomic E-state index is 10.4. The van der Waals surface area contributed by atoms with Crippen molar-refractivity contribution in [1.29, 1.82) is 5.26 Å². The number of nitrogens with zero attached hydrogens (tertiary/aromatic N) is 1. The van der Waals surface area contributed by atoms with Crippen LogP contribution in [0.15, 0.2) is 24.3 Å². The van der Waals surface area contributed by atoms with Gasteiger partial charge in [-0.05, 0) is 30.5 Å². The molecule has 4 nitrogen and oxygen atoms in total. The molecule has 1 atom stereocenters. The number of rotatable bonds is 6. The molecule has 1 aromatic carbocycles. The third-order valence-electron chi connectivity index (χ3n) is 2.54. The van der Waals surface area contributed by atoms with Crippen LogP contribution < -0.4 is 4.74 Å². The minimum absolute atomic E-state index is 0.0994. The quantitative estimate of drug-likeness (QED) is 0.819. The fourth-order valence-corrected chi connectivity index (χ4v) is 1.62. The maximum Gasteiger partial charge on any atom is 0.303 e. The zero-order valence-corrected chi connectivity index (χ0v) is 9.72. The topological polar surface area (TPSA) is 70.3 Å². The first-order valence-electron chi connectivity index (χ1n) is 5.42. The van der Waals surface area contributed by atoms with E-state index in [1.165, 1.54) is 0 Å². The summed E-state index contributed by atoms with van der Waals surface area (Å²) in [5.41, 5.74) is 0.872. The molecule has 90 valence electrons. The van der Waals surface area contributed by atoms with Crippen LogP contribution in [0.3, 0.4) is 0 Å². The van der Waals surface area contributed by atoms with E-state index in [-0.39, 0.29) is 12.3 Å². The first kappa shape index (κ1) is 13.0. The molecule has 0 fully saturated rings. The van der Waals surface area contributed by atoms with Gasteiger partial charge in [0.1, 0.15) is 5.75 Å². The van der Waals surface area contributed by atoms with Gasteiger partial charge in [0.05, 0.1) is 19.1 Å². The van der Waals surface area contributed by atoms with Gasteiger partial charge in [-0.25, -0.2) is 0 Å². The van der Waals surface area contributed by atoms with Gasteiger partial charge >= 0.3 is 5.97 Å². The van der Waals surface area contributed by atoms with Crippen LogP contribution in [0.25, 0.3) is 0 Å². The summed E-state index contributed by atoms with van der Waals surface area (Å²) in [6.07, 6.45) is 1.16. The fourth-order valence-electron chi connectivity index (χ4n) is 1.62. The Morgan fingerprint density at radius 1 is 1.59 bits per heavy atom. The summed E-state index contributed by atoms with van der Waals surface area (Å²) in [7, 11) is 1.57. The molecule has 0 aliphatic rings. The van der Waals surface area contributed by atoms with Crippen molar-refractivity contribution in [2.45, 2.75) is 25.2 Å². The van der Waals surface area contributed by atoms with Gasteiger partial charge in [0.2, 0.25) is 0 Å². The summed E-state index contributed by atoms with van der Waals surface area (Å²) < 4.78 is 5.09. The minimum Gasteiger partial charge on any atom is -0.497 e. The number of hydrogen-bond donors (Lipinski definition) is 1. The van der Waals surface area contributed by atoms with Crippen molar-refractivity contribution in [3.8, 4) is 11.8 Å². The van der Waals surface area contributed by atoms with Crippen molar-refractivity contribution in [1.82, 2.24) is 0 Å². The molecule has 1 rings (SSSR count). The Kier molecular flexibility index (Phi) is 5.02. The first-order chi connectivity index (χ1) is 8.17. The lowest BCUT2D eigenvalue weighted by Gasteiger charge is -2.09. The molecule has 1 aromatic rings. The van der Waals surface area contributed by atoms with Gasteiger partial charge in [-0.2, -0.15) is 5.26 Å². The summed E-state index contributed by atoms with van der Waals surface area (Å²) in [6.45, 7) is 0. The number of hydrogen-bond acceptors (Lipinski definition) is 3. The number of carbonyl (C=O) groups is 1. The van der Waals surface area contributed by atoms with Crippen LogP contribution >= 0.6 is 0 Å². The highest BCUT2D eigenvalue weighted by atomic mass is 16.5. The van der Waals surface area contributed by atoms with Crippen molar-refractivity contribution >= 4 is 5.97 Å². The molecule has 0 aliphatic carbocycles. The Labute approximate surface area is 100 Å². The molecule has 0 aromatic heterocycles. The van der Waals surface area contributed by atoms with Gasteiger partial charge in [-0.15, -0.1) is 0 Å². The number of benzene rings is 1. The second kappa shape index (κ2) is 6.54. The van der Waals surface area contributed by atoms with Crippen LogP contribution in [0.1, 0.15) is 30.7 Å². The van der Waals surface area contributed by atoms with Gasteiger partial charge in [-0.3, -0.25) is 4.79 Å². The van der Waals surface area contributed by atoms with Gasteiger partial charge < -0.3 is 9.84 Å². The molecule has 0 spiro atoms. The predicted molar refractivity (Wildman–Crippen MR) is 62.8 cm³/mol. The first-order valence-corrected chi connectivity index (χ1v) is 5.42. The van der Waals surface area contributed by atoms with E-state index in [0.29, 0.717) is 18.6 Å². The maximum absolute atomic E-state index is 10.4. The molecule has 4 heteroatoms. The van der Waals surface area contributed by atoms with E-state index in [0.717, 1.165) is 5.56 Å². The number of ether oxygens (including phenoxy) is 1. The number of methoxy groups -OCH3 is 1. The summed E-state index contributed by atoms with van der Waals surface area (Å²) in [4.78, 5) is 10.4. The van der Waals surface area contributed by atoms with Crippen molar-refractivity contribution in [2.75, 3.05) is 7.11 Å². The lowest BCUT2D eigenvalue weighted by Crippen LogP contribution is -2.00. The van der Waals surface area contributed by atoms with E-state index in [1.54, 1.807) is 7.11 Å². The van der Waals surface area contributed by atoms with Crippen LogP contribution in [0, 0.1) is 11.3 Å². The Morgan fingerprint density at radius 2 is 2.35 bits per heavy atom. The lowest BCUT2D eigenvalue weighted by molar-refractivity contribution is -0.137. The van der Waals surface area contributed by atoms with Gasteiger partial charge in [0, 0.05) is 6.42 Å². The predicted octanol–water partition coefficient (Wildman–Crippen LogP) is 2.56. The van der Waals surface area contributed by atoms with Crippen molar-refractivity contribution < 1.29 is 14.6 Å². The molecule has 1 unspecified atom stereocenters. The SMILES string of the molecule is COc1cccc(C(C#N)CCCC(=O)O)c1. The smallest absolute Gasteiger partial charge is 0.303 e. The molecule has 0 saturated carbocycles. The van der Waals surface area contributed by atoms with Crippen LogP contribution in [-0.2, 0) is 4.79 Å². The van der Waals surface area contributed by atoms with Crippen molar-refractivity contribution in [2.24, 2.45) is 0 Å². The van der Waals surface area contributed by atoms with E-state index in [9.17, 15) is 4.79 Å². The normalized spacial score (nSPS) is 11.5. The summed E-state index contributed by atoms with van der Waals surface area (Å²) in [5.74, 6) is -0.391. The largest absolute Gasteiger partial charge is 0.497 e. The van der Waals surface area contributed by atoms with Gasteiger partial charge in [-0.1, -0.05) is 12.1 Å². The molecule has 17 heavy (non-hydrogen) atoms. The lowest BCUT2D eigenvalue weighted by atomic mass is 9.95. The van der Waals surface area contributed by atoms with Gasteiger partial charge in [0.25, 0.3) is 0 Å². The molecule has 0 saturated heterocycles. The second-order valence-corrected chi connectivity index (χ2v) is 3.74. The summed E-state index contributed by atoms with van der Waals surface area (Å²) in [6, 6.07) is 9.51. The molecule has 0 radical (unpaired) electrons. The number of nitriles is 1. The van der Waals surface area contributed by atoms with Crippen molar-refractivity contribution in [3.63, 3.8) is 0 Å². The van der Waals surface area contributed by atoms with E-state index in [1.807, 2.05) is 24.3 Å². The van der Waals surface area contributed by atoms with Crippen molar-refractivity contribution in [3.05, 3.63) is 29.8 Å². The summed E-state index contributed by atoms with van der Waals surface area (Å²) in [5, 5.41) is 17.6. The molecule has 1 N–H and O–H groups in total. The van der Waals surface area contributed by atoms with Crippen LogP contribution in [0.4, 0.5) is 0 Å². The monoisotopic (exact) mass is 233 g/mol. The minimum atomic E-state index is -0.827. The molecular formula is C13H15NO3. The number of carboxylic acid groups (broad SMARTS) is 1. The number of aliphatic carboxylic acids is 1. The van der Waals surface area contributed by atoms with Crippen LogP contribution in [-0.4, -0.2) is 18.2 Å². The van der Waals surface area contributed by atoms with E-state index in [2.05, 4.69) is 6.07 Å². The van der Waals surface area contributed by atoms with Crippen LogP contribution in [0.5, 0.6) is 5.75 Å². The molecule has 0 aliphatic heterocycles. The average molecular weight is 233 g/mol. The Morgan fingerprint density at radius 3 is 2.94 bits per heavy atom. The van der Waals surface area contributed by atoms with E-state index >= 15 is 0 Å². The van der Waals surface area contributed by atoms with Crippen LogP contribution in [0.2, 0.25) is 0 Å². The summed E-state index contributed by atoms with van der Waals surface area (Å²) >= 11 is 0. The zero-order valence-electron chi connectivity index (χ0n) is 9.72. The molecular weight excluding hydrogens is 218 g/mol. The van der Waals surface area contributed by atoms with E-state index < -0.39 is 5.97 Å². The molecule has 0 amide bonds. The Bertz CT molecular complexity index is 423. The second-order valence-electron chi connectivity index (χ2n) is 3.74. The third-order valence-corrected chi connectivity index (χ3v) is 2.54. The number of carboxylic acids is 1. The standard InChI is InChI=1S/C13H15NO3/c1-17-12-6-2-4-10(8-12)11(9-14)5-3-7-13(15)16/h2,4,6,8,11H,3,5,7H2,1H3,(H,15,16). The highest BCUT2D eigenvalue weighted by Crippen LogP contribution is 2.24. The Balaban J connectivity index is 2.66. The third kappa shape index (κ3) is 4.15. The Hall–Kier alpha value is -2.02. The average Bonchev–Trinajstić information content (AvgIpc) is 2.34. The van der Waals surface area contributed by atoms with Gasteiger partial charge in [0.15, 0.2) is 0 Å². The highest BCUT2D eigenvalue weighted by molar-refractivity contribution is 5.66.